The van der Waals surface area contributed by atoms with Crippen LogP contribution in [-0.4, -0.2) is 38.9 Å². The number of aryl methyl sites for hydroxylation is 2. The molecule has 1 atom stereocenters. The normalized spacial score (nSPS) is 12.5. The largest absolute Gasteiger partial charge is 0.491 e. The van der Waals surface area contributed by atoms with Gasteiger partial charge < -0.3 is 20.5 Å². The number of rotatable bonds is 7. The molecule has 0 aliphatic heterocycles. The summed E-state index contributed by atoms with van der Waals surface area (Å²) < 4.78 is 10.8. The number of para-hydroxylation sites is 1. The molecule has 0 bridgehead atoms. The Labute approximate surface area is 144 Å². The number of halogens is 1. The van der Waals surface area contributed by atoms with Gasteiger partial charge in [0.05, 0.1) is 13.2 Å². The summed E-state index contributed by atoms with van der Waals surface area (Å²) in [7, 11) is 1.66. The lowest BCUT2D eigenvalue weighted by Crippen LogP contribution is -2.40. The van der Waals surface area contributed by atoms with Gasteiger partial charge >= 0.3 is 0 Å². The Bertz CT molecular complexity index is 432. The first kappa shape index (κ1) is 20.0. The Morgan fingerprint density at radius 3 is 2.52 bits per heavy atom. The minimum absolute atomic E-state index is 0. The molecule has 0 heterocycles. The third kappa shape index (κ3) is 7.52. The quantitative estimate of drug-likeness (QED) is 0.315. The zero-order valence-corrected chi connectivity index (χ0v) is 15.5. The zero-order valence-electron chi connectivity index (χ0n) is 13.2. The molecule has 0 aromatic heterocycles. The van der Waals surface area contributed by atoms with Crippen LogP contribution in [0.5, 0.6) is 5.75 Å². The van der Waals surface area contributed by atoms with Crippen LogP contribution >= 0.6 is 24.0 Å². The molecule has 0 saturated heterocycles. The molecule has 1 unspecified atom stereocenters. The standard InChI is InChI=1S/C15H25N3O2.HI/c1-11-6-5-7-12(2)14(11)20-9-8-17-15(16)18-13(3)10-19-4;/h5-7,13H,8-10H2,1-4H3,(H3,16,17,18);1H. The monoisotopic (exact) mass is 407 g/mol. The van der Waals surface area contributed by atoms with E-state index in [1.54, 1.807) is 7.11 Å². The molecule has 0 fully saturated rings. The number of nitrogens with one attached hydrogen (secondary N) is 1. The lowest BCUT2D eigenvalue weighted by Gasteiger charge is -2.13. The van der Waals surface area contributed by atoms with E-state index in [-0.39, 0.29) is 30.0 Å². The van der Waals surface area contributed by atoms with E-state index in [9.17, 15) is 0 Å². The van der Waals surface area contributed by atoms with Crippen molar-refractivity contribution in [2.75, 3.05) is 26.9 Å². The van der Waals surface area contributed by atoms with Gasteiger partial charge in [0.2, 0.25) is 0 Å². The second kappa shape index (κ2) is 10.7. The van der Waals surface area contributed by atoms with Gasteiger partial charge in [0.1, 0.15) is 12.4 Å². The molecule has 6 heteroatoms. The van der Waals surface area contributed by atoms with Gasteiger partial charge in [0.25, 0.3) is 0 Å². The number of ether oxygens (including phenoxy) is 2. The average molecular weight is 407 g/mol. The van der Waals surface area contributed by atoms with Gasteiger partial charge in [-0.15, -0.1) is 24.0 Å². The molecule has 0 aliphatic rings. The van der Waals surface area contributed by atoms with Gasteiger partial charge in [0, 0.05) is 13.2 Å². The van der Waals surface area contributed by atoms with E-state index in [1.165, 1.54) is 0 Å². The first-order valence-corrected chi connectivity index (χ1v) is 6.79. The van der Waals surface area contributed by atoms with Crippen molar-refractivity contribution in [2.24, 2.45) is 10.7 Å². The number of aliphatic imine (C=N–C) groups is 1. The van der Waals surface area contributed by atoms with Crippen LogP contribution in [0.2, 0.25) is 0 Å². The molecule has 5 nitrogen and oxygen atoms in total. The van der Waals surface area contributed by atoms with Crippen LogP contribution < -0.4 is 15.8 Å². The van der Waals surface area contributed by atoms with Gasteiger partial charge in [-0.25, -0.2) is 4.99 Å². The molecule has 120 valence electrons. The third-order valence-electron chi connectivity index (χ3n) is 2.84. The second-order valence-electron chi connectivity index (χ2n) is 4.84. The van der Waals surface area contributed by atoms with Crippen LogP contribution in [0.15, 0.2) is 23.2 Å². The predicted octanol–water partition coefficient (Wildman–Crippen LogP) is 2.24. The fraction of sp³-hybridized carbons (Fsp3) is 0.533. The van der Waals surface area contributed by atoms with Crippen LogP contribution in [0.3, 0.4) is 0 Å². The number of hydrogen-bond acceptors (Lipinski definition) is 3. The van der Waals surface area contributed by atoms with Crippen LogP contribution in [0, 0.1) is 13.8 Å². The number of hydrogen-bond donors (Lipinski definition) is 2. The molecule has 0 spiro atoms. The zero-order chi connectivity index (χ0) is 15.0. The van der Waals surface area contributed by atoms with Crippen molar-refractivity contribution in [3.05, 3.63) is 29.3 Å². The lowest BCUT2D eigenvalue weighted by molar-refractivity contribution is 0.179. The molecule has 0 amide bonds. The van der Waals surface area contributed by atoms with Gasteiger partial charge in [-0.05, 0) is 31.9 Å². The summed E-state index contributed by atoms with van der Waals surface area (Å²) >= 11 is 0. The molecular formula is C15H26IN3O2. The van der Waals surface area contributed by atoms with Gasteiger partial charge in [-0.3, -0.25) is 0 Å². The molecule has 0 saturated carbocycles. The fourth-order valence-corrected chi connectivity index (χ4v) is 1.93. The van der Waals surface area contributed by atoms with Gasteiger partial charge in [-0.2, -0.15) is 0 Å². The summed E-state index contributed by atoms with van der Waals surface area (Å²) in [6, 6.07) is 6.24. The van der Waals surface area contributed by atoms with Crippen molar-refractivity contribution in [2.45, 2.75) is 26.8 Å². The first-order valence-electron chi connectivity index (χ1n) is 6.79. The summed E-state index contributed by atoms with van der Waals surface area (Å²) in [4.78, 5) is 4.22. The minimum atomic E-state index is 0. The summed E-state index contributed by atoms with van der Waals surface area (Å²) in [6.45, 7) is 7.68. The van der Waals surface area contributed by atoms with E-state index in [2.05, 4.69) is 10.3 Å². The predicted molar refractivity (Wildman–Crippen MR) is 97.8 cm³/mol. The average Bonchev–Trinajstić information content (AvgIpc) is 2.37. The van der Waals surface area contributed by atoms with Crippen molar-refractivity contribution >= 4 is 29.9 Å². The summed E-state index contributed by atoms with van der Waals surface area (Å²) in [5, 5.41) is 3.05. The van der Waals surface area contributed by atoms with Crippen LogP contribution in [0.25, 0.3) is 0 Å². The fourth-order valence-electron chi connectivity index (χ4n) is 1.93. The Kier molecular flexibility index (Phi) is 10.2. The minimum Gasteiger partial charge on any atom is -0.491 e. The van der Waals surface area contributed by atoms with E-state index in [0.717, 1.165) is 16.9 Å². The molecule has 1 rings (SSSR count). The van der Waals surface area contributed by atoms with Gasteiger partial charge in [0.15, 0.2) is 5.96 Å². The number of nitrogens with two attached hydrogens (primary N) is 1. The Morgan fingerprint density at radius 1 is 1.33 bits per heavy atom. The number of benzene rings is 1. The van der Waals surface area contributed by atoms with Gasteiger partial charge in [-0.1, -0.05) is 18.2 Å². The number of methoxy groups -OCH3 is 1. The maximum Gasteiger partial charge on any atom is 0.188 e. The van der Waals surface area contributed by atoms with Crippen molar-refractivity contribution in [3.63, 3.8) is 0 Å². The van der Waals surface area contributed by atoms with E-state index in [4.69, 9.17) is 15.2 Å². The molecule has 1 aromatic rings. The molecular weight excluding hydrogens is 381 g/mol. The maximum atomic E-state index is 5.77. The summed E-state index contributed by atoms with van der Waals surface area (Å²) in [6.07, 6.45) is 0. The smallest absolute Gasteiger partial charge is 0.188 e. The highest BCUT2D eigenvalue weighted by atomic mass is 127. The highest BCUT2D eigenvalue weighted by molar-refractivity contribution is 14.0. The van der Waals surface area contributed by atoms with E-state index in [1.807, 2.05) is 39.0 Å². The van der Waals surface area contributed by atoms with E-state index < -0.39 is 0 Å². The third-order valence-corrected chi connectivity index (χ3v) is 2.84. The first-order chi connectivity index (χ1) is 9.54. The number of nitrogens with zero attached hydrogens (tertiary/aromatic N) is 1. The Balaban J connectivity index is 0.00000400. The molecule has 0 radical (unpaired) electrons. The Morgan fingerprint density at radius 2 is 1.95 bits per heavy atom. The maximum absolute atomic E-state index is 5.77. The van der Waals surface area contributed by atoms with Crippen LogP contribution in [0.4, 0.5) is 0 Å². The molecule has 21 heavy (non-hydrogen) atoms. The van der Waals surface area contributed by atoms with Crippen molar-refractivity contribution in [1.29, 1.82) is 0 Å². The SMILES string of the molecule is COCC(C)NC(N)=NCCOc1c(C)cccc1C.I. The van der Waals surface area contributed by atoms with E-state index >= 15 is 0 Å². The Hall–Kier alpha value is -1.02. The van der Waals surface area contributed by atoms with Crippen LogP contribution in [-0.2, 0) is 4.74 Å². The van der Waals surface area contributed by atoms with Crippen molar-refractivity contribution in [3.8, 4) is 5.75 Å². The second-order valence-corrected chi connectivity index (χ2v) is 4.84. The van der Waals surface area contributed by atoms with Crippen molar-refractivity contribution in [1.82, 2.24) is 5.32 Å². The highest BCUT2D eigenvalue weighted by Crippen LogP contribution is 2.21. The number of guanidine groups is 1. The topological polar surface area (TPSA) is 68.9 Å². The van der Waals surface area contributed by atoms with Crippen molar-refractivity contribution < 1.29 is 9.47 Å². The molecule has 1 aromatic carbocycles. The summed E-state index contributed by atoms with van der Waals surface area (Å²) in [5.74, 6) is 1.35. The van der Waals surface area contributed by atoms with E-state index in [0.29, 0.717) is 25.7 Å². The van der Waals surface area contributed by atoms with Crippen LogP contribution in [0.1, 0.15) is 18.1 Å². The molecule has 0 aliphatic carbocycles. The molecule has 3 N–H and O–H groups in total. The summed E-state index contributed by atoms with van der Waals surface area (Å²) in [5.41, 5.74) is 8.04. The highest BCUT2D eigenvalue weighted by Gasteiger charge is 2.03. The lowest BCUT2D eigenvalue weighted by atomic mass is 10.1.